The van der Waals surface area contributed by atoms with Crippen molar-refractivity contribution in [2.75, 3.05) is 7.11 Å². The number of rotatable bonds is 10. The van der Waals surface area contributed by atoms with E-state index in [1.807, 2.05) is 51.1 Å². The fourth-order valence-electron chi connectivity index (χ4n) is 4.77. The van der Waals surface area contributed by atoms with Crippen molar-refractivity contribution in [2.45, 2.75) is 62.3 Å². The van der Waals surface area contributed by atoms with Gasteiger partial charge in [-0.1, -0.05) is 44.5 Å². The minimum atomic E-state index is -4.39. The van der Waals surface area contributed by atoms with Crippen molar-refractivity contribution in [1.29, 1.82) is 0 Å². The van der Waals surface area contributed by atoms with Gasteiger partial charge in [0.05, 0.1) is 18.0 Å². The van der Waals surface area contributed by atoms with Gasteiger partial charge in [0.2, 0.25) is 15.7 Å². The van der Waals surface area contributed by atoms with Crippen molar-refractivity contribution in [3.8, 4) is 22.8 Å². The van der Waals surface area contributed by atoms with Crippen LogP contribution < -0.4 is 10.3 Å². The summed E-state index contributed by atoms with van der Waals surface area (Å²) in [7, 11) is -2.82. The number of unbranched alkanes of at least 4 members (excludes halogenated alkanes) is 1. The molecule has 1 N–H and O–H groups in total. The summed E-state index contributed by atoms with van der Waals surface area (Å²) in [6.07, 6.45) is 5.91. The highest BCUT2D eigenvalue weighted by Crippen LogP contribution is 2.35. The van der Waals surface area contributed by atoms with Gasteiger partial charge in [-0.05, 0) is 72.4 Å². The van der Waals surface area contributed by atoms with Gasteiger partial charge < -0.3 is 9.84 Å². The molecule has 4 rings (SSSR count). The molecule has 0 aliphatic carbocycles. The van der Waals surface area contributed by atoms with Crippen molar-refractivity contribution in [3.05, 3.63) is 94.3 Å². The fraction of sp³-hybridized carbons (Fsp3) is 0.300. The third kappa shape index (κ3) is 5.59. The molecule has 0 saturated carbocycles. The average molecular weight is 548 g/mol. The second-order valence-corrected chi connectivity index (χ2v) is 11.3. The largest absolute Gasteiger partial charge is 0.497 e. The summed E-state index contributed by atoms with van der Waals surface area (Å²) >= 11 is 0. The standard InChI is InChI=1S/C30H33N3O5S/c1-5-7-11-27-32-29(34)28(30(35)33(27)26(6-2)22-9-8-10-23(18-22)38-4)39(36,37)24-14-12-21(13-15-24)25-16-17-31-19-20(25)3/h8-10,12-19,26,35H,5-7,11H2,1-4H3. The van der Waals surface area contributed by atoms with Crippen molar-refractivity contribution in [1.82, 2.24) is 14.5 Å². The quantitative estimate of drug-likeness (QED) is 0.279. The molecule has 0 aliphatic rings. The maximum absolute atomic E-state index is 13.8. The first-order valence-electron chi connectivity index (χ1n) is 13.0. The molecule has 8 nitrogen and oxygen atoms in total. The number of benzene rings is 2. The third-order valence-corrected chi connectivity index (χ3v) is 8.62. The van der Waals surface area contributed by atoms with E-state index in [1.165, 1.54) is 16.7 Å². The smallest absolute Gasteiger partial charge is 0.296 e. The number of hydrogen-bond donors (Lipinski definition) is 1. The van der Waals surface area contributed by atoms with E-state index in [9.17, 15) is 18.3 Å². The van der Waals surface area contributed by atoms with Crippen LogP contribution in [0.4, 0.5) is 0 Å². The molecule has 4 aromatic rings. The molecule has 0 amide bonds. The molecule has 0 bridgehead atoms. The van der Waals surface area contributed by atoms with E-state index >= 15 is 0 Å². The summed E-state index contributed by atoms with van der Waals surface area (Å²) in [4.78, 5) is 20.7. The molecule has 1 atom stereocenters. The lowest BCUT2D eigenvalue weighted by atomic mass is 10.0. The van der Waals surface area contributed by atoms with Gasteiger partial charge in [-0.2, -0.15) is 4.98 Å². The van der Waals surface area contributed by atoms with Gasteiger partial charge in [0, 0.05) is 18.8 Å². The first-order valence-corrected chi connectivity index (χ1v) is 14.5. The Morgan fingerprint density at radius 2 is 1.82 bits per heavy atom. The monoisotopic (exact) mass is 547 g/mol. The molecule has 0 saturated heterocycles. The molecule has 2 heterocycles. The van der Waals surface area contributed by atoms with E-state index < -0.39 is 32.2 Å². The Bertz CT molecular complexity index is 1630. The maximum atomic E-state index is 13.8. The SMILES string of the molecule is CCCCc1nc(=O)c(S(=O)(=O)c2ccc(-c3ccncc3C)cc2)c(O)n1C(CC)c1cccc(OC)c1. The summed E-state index contributed by atoms with van der Waals surface area (Å²) in [6, 6.07) is 15.0. The number of hydrogen-bond acceptors (Lipinski definition) is 7. The zero-order valence-electron chi connectivity index (χ0n) is 22.6. The summed E-state index contributed by atoms with van der Waals surface area (Å²) in [5.41, 5.74) is 2.52. The van der Waals surface area contributed by atoms with Gasteiger partial charge in [-0.3, -0.25) is 14.3 Å². The second-order valence-electron chi connectivity index (χ2n) is 9.38. The highest BCUT2D eigenvalue weighted by atomic mass is 32.2. The van der Waals surface area contributed by atoms with E-state index in [4.69, 9.17) is 4.74 Å². The minimum absolute atomic E-state index is 0.102. The third-order valence-electron chi connectivity index (χ3n) is 6.83. The Morgan fingerprint density at radius 3 is 2.46 bits per heavy atom. The van der Waals surface area contributed by atoms with E-state index in [0.29, 0.717) is 24.4 Å². The Balaban J connectivity index is 1.87. The molecule has 0 radical (unpaired) electrons. The van der Waals surface area contributed by atoms with Crippen LogP contribution in [-0.4, -0.2) is 35.2 Å². The summed E-state index contributed by atoms with van der Waals surface area (Å²) in [5, 5.41) is 11.5. The topological polar surface area (TPSA) is 111 Å². The first kappa shape index (κ1) is 28.0. The van der Waals surface area contributed by atoms with Gasteiger partial charge in [0.15, 0.2) is 4.90 Å². The molecule has 0 fully saturated rings. The molecule has 2 aromatic carbocycles. The van der Waals surface area contributed by atoms with Crippen LogP contribution in [0.1, 0.15) is 56.1 Å². The molecule has 1 unspecified atom stereocenters. The van der Waals surface area contributed by atoms with E-state index in [-0.39, 0.29) is 4.90 Å². The van der Waals surface area contributed by atoms with Gasteiger partial charge in [0.1, 0.15) is 11.6 Å². The summed E-state index contributed by atoms with van der Waals surface area (Å²) in [5.74, 6) is 0.369. The van der Waals surface area contributed by atoms with Gasteiger partial charge >= 0.3 is 0 Å². The lowest BCUT2D eigenvalue weighted by Gasteiger charge is -2.25. The van der Waals surface area contributed by atoms with Crippen LogP contribution in [-0.2, 0) is 16.3 Å². The lowest BCUT2D eigenvalue weighted by Crippen LogP contribution is -2.27. The second kappa shape index (κ2) is 11.8. The zero-order chi connectivity index (χ0) is 28.2. The van der Waals surface area contributed by atoms with Gasteiger partial charge in [-0.15, -0.1) is 0 Å². The zero-order valence-corrected chi connectivity index (χ0v) is 23.4. The number of sulfone groups is 1. The van der Waals surface area contributed by atoms with Crippen LogP contribution in [0.3, 0.4) is 0 Å². The number of aromatic hydroxyl groups is 1. The lowest BCUT2D eigenvalue weighted by molar-refractivity contribution is 0.357. The predicted octanol–water partition coefficient (Wildman–Crippen LogP) is 5.50. The Kier molecular flexibility index (Phi) is 8.50. The van der Waals surface area contributed by atoms with Crippen LogP contribution in [0.25, 0.3) is 11.1 Å². The Labute approximate surface area is 228 Å². The number of aromatic nitrogens is 3. The molecular weight excluding hydrogens is 514 g/mol. The van der Waals surface area contributed by atoms with Crippen molar-refractivity contribution < 1.29 is 18.3 Å². The number of aryl methyl sites for hydroxylation is 2. The Hall–Kier alpha value is -3.98. The molecule has 0 aliphatic heterocycles. The molecule has 204 valence electrons. The van der Waals surface area contributed by atoms with Crippen LogP contribution in [0.5, 0.6) is 11.6 Å². The normalized spacial score (nSPS) is 12.3. The summed E-state index contributed by atoms with van der Waals surface area (Å²) in [6.45, 7) is 5.86. The highest BCUT2D eigenvalue weighted by Gasteiger charge is 2.32. The number of methoxy groups -OCH3 is 1. The maximum Gasteiger partial charge on any atom is 0.296 e. The van der Waals surface area contributed by atoms with Crippen LogP contribution in [0, 0.1) is 6.92 Å². The molecule has 0 spiro atoms. The van der Waals surface area contributed by atoms with E-state index in [2.05, 4.69) is 9.97 Å². The fourth-order valence-corrected chi connectivity index (χ4v) is 6.11. The van der Waals surface area contributed by atoms with Crippen molar-refractivity contribution in [3.63, 3.8) is 0 Å². The first-order chi connectivity index (χ1) is 18.7. The molecule has 39 heavy (non-hydrogen) atoms. The van der Waals surface area contributed by atoms with E-state index in [1.54, 1.807) is 31.6 Å². The predicted molar refractivity (Wildman–Crippen MR) is 150 cm³/mol. The van der Waals surface area contributed by atoms with Gasteiger partial charge in [-0.25, -0.2) is 8.42 Å². The number of nitrogens with zero attached hydrogens (tertiary/aromatic N) is 3. The Morgan fingerprint density at radius 1 is 1.08 bits per heavy atom. The van der Waals surface area contributed by atoms with Crippen LogP contribution in [0.2, 0.25) is 0 Å². The summed E-state index contributed by atoms with van der Waals surface area (Å²) < 4.78 is 34.4. The number of pyridine rings is 1. The molecular formula is C30H33N3O5S. The highest BCUT2D eigenvalue weighted by molar-refractivity contribution is 7.91. The minimum Gasteiger partial charge on any atom is -0.497 e. The van der Waals surface area contributed by atoms with E-state index in [0.717, 1.165) is 35.1 Å². The van der Waals surface area contributed by atoms with Crippen molar-refractivity contribution >= 4 is 9.84 Å². The van der Waals surface area contributed by atoms with Crippen molar-refractivity contribution in [2.24, 2.45) is 0 Å². The average Bonchev–Trinajstić information content (AvgIpc) is 2.94. The van der Waals surface area contributed by atoms with Crippen LogP contribution >= 0.6 is 0 Å². The van der Waals surface area contributed by atoms with Gasteiger partial charge in [0.25, 0.3) is 5.56 Å². The van der Waals surface area contributed by atoms with Crippen LogP contribution in [0.15, 0.2) is 81.6 Å². The molecule has 2 aromatic heterocycles. The molecule has 9 heteroatoms. The number of ether oxygens (including phenoxy) is 1.